The Bertz CT molecular complexity index is 131. The first-order valence-electron chi connectivity index (χ1n) is 6.17. The van der Waals surface area contributed by atoms with Crippen molar-refractivity contribution in [2.24, 2.45) is 23.7 Å². The molecule has 0 aromatic heterocycles. The number of nitrogens with one attached hydrogen (secondary N) is 1. The molecule has 86 valence electrons. The fraction of sp³-hybridized carbons (Fsp3) is 1.00. The summed E-state index contributed by atoms with van der Waals surface area (Å²) in [5.74, 6) is 3.39. The molecule has 0 radical (unpaired) electrons. The molecular formula is C13H29N. The second-order valence-corrected chi connectivity index (χ2v) is 5.16. The Morgan fingerprint density at radius 3 is 1.93 bits per heavy atom. The highest BCUT2D eigenvalue weighted by Gasteiger charge is 2.18. The summed E-state index contributed by atoms with van der Waals surface area (Å²) in [5.41, 5.74) is 0. The van der Waals surface area contributed by atoms with Crippen molar-refractivity contribution in [3.05, 3.63) is 0 Å². The fourth-order valence-corrected chi connectivity index (χ4v) is 2.14. The van der Waals surface area contributed by atoms with Gasteiger partial charge in [-0.2, -0.15) is 0 Å². The summed E-state index contributed by atoms with van der Waals surface area (Å²) in [5, 5.41) is 3.27. The zero-order valence-corrected chi connectivity index (χ0v) is 10.9. The van der Waals surface area contributed by atoms with E-state index in [0.717, 1.165) is 30.2 Å². The molecule has 0 spiro atoms. The van der Waals surface area contributed by atoms with Crippen molar-refractivity contribution in [2.75, 3.05) is 13.6 Å². The van der Waals surface area contributed by atoms with Crippen LogP contribution in [0.2, 0.25) is 0 Å². The smallest absolute Gasteiger partial charge is 0.00236 e. The van der Waals surface area contributed by atoms with E-state index >= 15 is 0 Å². The highest BCUT2D eigenvalue weighted by Crippen LogP contribution is 2.27. The number of hydrogen-bond acceptors (Lipinski definition) is 1. The van der Waals surface area contributed by atoms with Crippen LogP contribution in [0.4, 0.5) is 0 Å². The van der Waals surface area contributed by atoms with Gasteiger partial charge in [-0.25, -0.2) is 0 Å². The largest absolute Gasteiger partial charge is 0.319 e. The van der Waals surface area contributed by atoms with Crippen LogP contribution in [-0.2, 0) is 0 Å². The van der Waals surface area contributed by atoms with E-state index in [2.05, 4.69) is 39.9 Å². The molecule has 0 bridgehead atoms. The standard InChI is InChI=1S/C13H29N/c1-7-13(10(2)3)8-11(4)12(5)9-14-6/h10-14H,7-9H2,1-6H3. The van der Waals surface area contributed by atoms with Gasteiger partial charge < -0.3 is 5.32 Å². The van der Waals surface area contributed by atoms with Crippen molar-refractivity contribution in [1.29, 1.82) is 0 Å². The van der Waals surface area contributed by atoms with Crippen molar-refractivity contribution in [3.8, 4) is 0 Å². The van der Waals surface area contributed by atoms with Crippen LogP contribution in [0.15, 0.2) is 0 Å². The monoisotopic (exact) mass is 199 g/mol. The molecule has 0 heterocycles. The van der Waals surface area contributed by atoms with Gasteiger partial charge in [0.2, 0.25) is 0 Å². The van der Waals surface area contributed by atoms with Crippen molar-refractivity contribution in [1.82, 2.24) is 5.32 Å². The van der Waals surface area contributed by atoms with E-state index < -0.39 is 0 Å². The third-order valence-electron chi connectivity index (χ3n) is 3.64. The predicted molar refractivity (Wildman–Crippen MR) is 65.5 cm³/mol. The van der Waals surface area contributed by atoms with Gasteiger partial charge in [0.25, 0.3) is 0 Å². The SMILES string of the molecule is CCC(CC(C)C(C)CNC)C(C)C. The Morgan fingerprint density at radius 1 is 1.00 bits per heavy atom. The molecule has 1 N–H and O–H groups in total. The first-order chi connectivity index (χ1) is 6.52. The third-order valence-corrected chi connectivity index (χ3v) is 3.64. The maximum absolute atomic E-state index is 3.27. The molecule has 0 aromatic carbocycles. The molecule has 0 aliphatic carbocycles. The van der Waals surface area contributed by atoms with Gasteiger partial charge in [-0.05, 0) is 43.7 Å². The summed E-state index contributed by atoms with van der Waals surface area (Å²) in [6.45, 7) is 12.9. The highest BCUT2D eigenvalue weighted by atomic mass is 14.8. The lowest BCUT2D eigenvalue weighted by Gasteiger charge is -2.26. The second kappa shape index (κ2) is 7.28. The minimum absolute atomic E-state index is 0.799. The molecule has 0 saturated heterocycles. The van der Waals surface area contributed by atoms with Crippen LogP contribution in [-0.4, -0.2) is 13.6 Å². The molecule has 0 saturated carbocycles. The Hall–Kier alpha value is -0.0400. The Morgan fingerprint density at radius 2 is 1.57 bits per heavy atom. The molecule has 3 atom stereocenters. The molecule has 0 aliphatic heterocycles. The van der Waals surface area contributed by atoms with E-state index in [0.29, 0.717) is 0 Å². The summed E-state index contributed by atoms with van der Waals surface area (Å²) in [6, 6.07) is 0. The molecule has 14 heavy (non-hydrogen) atoms. The first-order valence-corrected chi connectivity index (χ1v) is 6.17. The molecule has 1 nitrogen and oxygen atoms in total. The van der Waals surface area contributed by atoms with Crippen molar-refractivity contribution < 1.29 is 0 Å². The van der Waals surface area contributed by atoms with E-state index in [-0.39, 0.29) is 0 Å². The van der Waals surface area contributed by atoms with Crippen LogP contribution >= 0.6 is 0 Å². The van der Waals surface area contributed by atoms with Gasteiger partial charge in [-0.3, -0.25) is 0 Å². The molecule has 0 rings (SSSR count). The molecule has 1 heteroatoms. The Balaban J connectivity index is 3.94. The first kappa shape index (κ1) is 14.0. The third kappa shape index (κ3) is 4.99. The lowest BCUT2D eigenvalue weighted by molar-refractivity contribution is 0.249. The number of rotatable bonds is 7. The minimum atomic E-state index is 0.799. The number of hydrogen-bond donors (Lipinski definition) is 1. The predicted octanol–water partition coefficient (Wildman–Crippen LogP) is 3.55. The lowest BCUT2D eigenvalue weighted by Crippen LogP contribution is -2.24. The van der Waals surface area contributed by atoms with Crippen molar-refractivity contribution in [3.63, 3.8) is 0 Å². The van der Waals surface area contributed by atoms with Gasteiger partial charge in [-0.15, -0.1) is 0 Å². The Labute approximate surface area is 90.7 Å². The quantitative estimate of drug-likeness (QED) is 0.661. The fourth-order valence-electron chi connectivity index (χ4n) is 2.14. The maximum atomic E-state index is 3.27. The molecular weight excluding hydrogens is 170 g/mol. The summed E-state index contributed by atoms with van der Waals surface area (Å²) < 4.78 is 0. The van der Waals surface area contributed by atoms with E-state index in [1.165, 1.54) is 12.8 Å². The van der Waals surface area contributed by atoms with Crippen molar-refractivity contribution in [2.45, 2.75) is 47.5 Å². The van der Waals surface area contributed by atoms with Crippen LogP contribution in [0.25, 0.3) is 0 Å². The van der Waals surface area contributed by atoms with Gasteiger partial charge >= 0.3 is 0 Å². The Kier molecular flexibility index (Phi) is 7.26. The molecule has 3 unspecified atom stereocenters. The topological polar surface area (TPSA) is 12.0 Å². The normalized spacial score (nSPS) is 18.2. The van der Waals surface area contributed by atoms with Gasteiger partial charge in [0.15, 0.2) is 0 Å². The molecule has 0 aliphatic rings. The van der Waals surface area contributed by atoms with E-state index in [9.17, 15) is 0 Å². The highest BCUT2D eigenvalue weighted by molar-refractivity contribution is 4.70. The maximum Gasteiger partial charge on any atom is -0.00236 e. The summed E-state index contributed by atoms with van der Waals surface area (Å²) in [7, 11) is 2.04. The van der Waals surface area contributed by atoms with Crippen LogP contribution < -0.4 is 5.32 Å². The van der Waals surface area contributed by atoms with Gasteiger partial charge in [0, 0.05) is 0 Å². The molecule has 0 amide bonds. The lowest BCUT2D eigenvalue weighted by atomic mass is 9.80. The zero-order chi connectivity index (χ0) is 11.1. The van der Waals surface area contributed by atoms with Crippen LogP contribution in [0, 0.1) is 23.7 Å². The minimum Gasteiger partial charge on any atom is -0.319 e. The summed E-state index contributed by atoms with van der Waals surface area (Å²) in [4.78, 5) is 0. The van der Waals surface area contributed by atoms with E-state index in [4.69, 9.17) is 0 Å². The summed E-state index contributed by atoms with van der Waals surface area (Å²) in [6.07, 6.45) is 2.71. The van der Waals surface area contributed by atoms with Crippen LogP contribution in [0.5, 0.6) is 0 Å². The second-order valence-electron chi connectivity index (χ2n) is 5.16. The van der Waals surface area contributed by atoms with Gasteiger partial charge in [-0.1, -0.05) is 41.0 Å². The van der Waals surface area contributed by atoms with E-state index in [1.54, 1.807) is 0 Å². The van der Waals surface area contributed by atoms with Gasteiger partial charge in [0.05, 0.1) is 0 Å². The van der Waals surface area contributed by atoms with Crippen LogP contribution in [0.1, 0.15) is 47.5 Å². The average Bonchev–Trinajstić information content (AvgIpc) is 2.13. The molecule has 0 fully saturated rings. The average molecular weight is 199 g/mol. The van der Waals surface area contributed by atoms with E-state index in [1.807, 2.05) is 7.05 Å². The van der Waals surface area contributed by atoms with Gasteiger partial charge in [0.1, 0.15) is 0 Å². The van der Waals surface area contributed by atoms with Crippen molar-refractivity contribution >= 4 is 0 Å². The van der Waals surface area contributed by atoms with Crippen LogP contribution in [0.3, 0.4) is 0 Å². The summed E-state index contributed by atoms with van der Waals surface area (Å²) >= 11 is 0. The molecule has 0 aromatic rings. The zero-order valence-electron chi connectivity index (χ0n) is 10.9.